The maximum Gasteiger partial charge on any atom is 0.264 e. The summed E-state index contributed by atoms with van der Waals surface area (Å²) in [7, 11) is 0. The van der Waals surface area contributed by atoms with Crippen LogP contribution in [-0.4, -0.2) is 69.2 Å². The number of rotatable bonds is 4. The molecule has 2 fully saturated rings. The first kappa shape index (κ1) is 17.2. The van der Waals surface area contributed by atoms with Crippen molar-refractivity contribution in [3.05, 3.63) is 34.5 Å². The summed E-state index contributed by atoms with van der Waals surface area (Å²) in [5.41, 5.74) is 0. The summed E-state index contributed by atoms with van der Waals surface area (Å²) in [4.78, 5) is 34.7. The Morgan fingerprint density at radius 1 is 1.23 bits per heavy atom. The van der Waals surface area contributed by atoms with Crippen LogP contribution in [0.5, 0.6) is 0 Å². The minimum absolute atomic E-state index is 0.0347. The third kappa shape index (κ3) is 3.49. The molecule has 26 heavy (non-hydrogen) atoms. The molecule has 2 amide bonds. The van der Waals surface area contributed by atoms with E-state index >= 15 is 0 Å². The summed E-state index contributed by atoms with van der Waals surface area (Å²) >= 11 is 1.50. The van der Waals surface area contributed by atoms with Crippen molar-refractivity contribution in [1.29, 1.82) is 0 Å². The largest absolute Gasteiger partial charge is 0.378 e. The Bertz CT molecular complexity index is 769. The summed E-state index contributed by atoms with van der Waals surface area (Å²) in [6.45, 7) is 3.40. The summed E-state index contributed by atoms with van der Waals surface area (Å²) < 4.78 is 6.85. The van der Waals surface area contributed by atoms with Gasteiger partial charge in [-0.3, -0.25) is 9.59 Å². The molecule has 0 N–H and O–H groups in total. The van der Waals surface area contributed by atoms with E-state index in [1.165, 1.54) is 17.7 Å². The van der Waals surface area contributed by atoms with Crippen molar-refractivity contribution in [3.63, 3.8) is 0 Å². The molecule has 2 aromatic rings. The number of amides is 2. The van der Waals surface area contributed by atoms with Gasteiger partial charge in [-0.15, -0.1) is 11.3 Å². The molecule has 0 unspecified atom stereocenters. The number of carbonyl (C=O) groups excluding carboxylic acids is 2. The van der Waals surface area contributed by atoms with Crippen LogP contribution >= 0.6 is 11.3 Å². The first-order valence-electron chi connectivity index (χ1n) is 8.81. The average molecular weight is 375 g/mol. The summed E-state index contributed by atoms with van der Waals surface area (Å²) in [6.07, 6.45) is 4.87. The van der Waals surface area contributed by atoms with Gasteiger partial charge in [0.05, 0.1) is 24.1 Å². The van der Waals surface area contributed by atoms with Crippen molar-refractivity contribution in [3.8, 4) is 0 Å². The Hall–Kier alpha value is -2.26. The monoisotopic (exact) mass is 375 g/mol. The maximum absolute atomic E-state index is 12.6. The molecule has 8 nitrogen and oxygen atoms in total. The molecule has 0 aliphatic carbocycles. The molecule has 0 saturated carbocycles. The first-order chi connectivity index (χ1) is 12.7. The zero-order valence-corrected chi connectivity index (χ0v) is 15.2. The number of morpholine rings is 1. The van der Waals surface area contributed by atoms with E-state index in [2.05, 4.69) is 10.1 Å². The Morgan fingerprint density at radius 3 is 2.85 bits per heavy atom. The summed E-state index contributed by atoms with van der Waals surface area (Å²) in [6, 6.07) is 3.92. The zero-order chi connectivity index (χ0) is 17.9. The van der Waals surface area contributed by atoms with Gasteiger partial charge in [-0.2, -0.15) is 5.10 Å². The lowest BCUT2D eigenvalue weighted by Crippen LogP contribution is -2.40. The highest BCUT2D eigenvalue weighted by Crippen LogP contribution is 2.36. The molecule has 2 aliphatic rings. The van der Waals surface area contributed by atoms with Crippen LogP contribution in [0.3, 0.4) is 0 Å². The van der Waals surface area contributed by atoms with Gasteiger partial charge in [0.25, 0.3) is 5.91 Å². The van der Waals surface area contributed by atoms with Crippen molar-refractivity contribution in [1.82, 2.24) is 24.6 Å². The number of nitrogens with zero attached hydrogens (tertiary/aromatic N) is 5. The minimum atomic E-state index is 0.0347. The lowest BCUT2D eigenvalue weighted by molar-refractivity contribution is -0.132. The Morgan fingerprint density at radius 2 is 2.08 bits per heavy atom. The first-order valence-corrected chi connectivity index (χ1v) is 9.62. The van der Waals surface area contributed by atoms with Crippen molar-refractivity contribution >= 4 is 23.2 Å². The maximum atomic E-state index is 12.6. The summed E-state index contributed by atoms with van der Waals surface area (Å²) in [5.74, 6) is 0.0931. The Labute approximate surface area is 155 Å². The molecule has 0 bridgehead atoms. The highest BCUT2D eigenvalue weighted by atomic mass is 32.1. The number of carbonyl (C=O) groups is 2. The van der Waals surface area contributed by atoms with Gasteiger partial charge < -0.3 is 14.5 Å². The lowest BCUT2D eigenvalue weighted by Gasteiger charge is -2.26. The highest BCUT2D eigenvalue weighted by Gasteiger charge is 2.32. The van der Waals surface area contributed by atoms with Crippen LogP contribution in [0.2, 0.25) is 0 Å². The van der Waals surface area contributed by atoms with Gasteiger partial charge in [0.1, 0.15) is 19.2 Å². The molecule has 0 radical (unpaired) electrons. The molecule has 9 heteroatoms. The van der Waals surface area contributed by atoms with E-state index in [0.29, 0.717) is 26.3 Å². The number of hydrogen-bond acceptors (Lipinski definition) is 6. The second-order valence-electron chi connectivity index (χ2n) is 6.44. The molecule has 138 valence electrons. The number of ether oxygens (including phenoxy) is 1. The molecule has 4 heterocycles. The molecule has 1 atom stereocenters. The predicted molar refractivity (Wildman–Crippen MR) is 94.8 cm³/mol. The number of likely N-dealkylation sites (tertiary alicyclic amines) is 1. The molecular formula is C17H21N5O3S. The van der Waals surface area contributed by atoms with E-state index in [0.717, 1.165) is 29.1 Å². The molecule has 2 aromatic heterocycles. The van der Waals surface area contributed by atoms with Crippen LogP contribution in [0.4, 0.5) is 0 Å². The molecule has 2 aliphatic heterocycles. The van der Waals surface area contributed by atoms with Crippen molar-refractivity contribution < 1.29 is 14.3 Å². The molecular weight excluding hydrogens is 354 g/mol. The lowest BCUT2D eigenvalue weighted by atomic mass is 10.2. The van der Waals surface area contributed by atoms with Gasteiger partial charge >= 0.3 is 0 Å². The van der Waals surface area contributed by atoms with E-state index < -0.39 is 0 Å². The van der Waals surface area contributed by atoms with E-state index in [4.69, 9.17) is 4.74 Å². The zero-order valence-electron chi connectivity index (χ0n) is 14.4. The third-order valence-corrected chi connectivity index (χ3v) is 5.98. The average Bonchev–Trinajstić information content (AvgIpc) is 3.41. The fraction of sp³-hybridized carbons (Fsp3) is 0.529. The Kier molecular flexibility index (Phi) is 4.98. The highest BCUT2D eigenvalue weighted by molar-refractivity contribution is 7.14. The second-order valence-corrected chi connectivity index (χ2v) is 7.56. The van der Waals surface area contributed by atoms with Crippen molar-refractivity contribution in [2.75, 3.05) is 32.8 Å². The van der Waals surface area contributed by atoms with Crippen LogP contribution in [0, 0.1) is 0 Å². The standard InChI is InChI=1S/C17H21N5O3S/c23-16(10-21-12-18-11-19-21)22-5-1-2-13(22)14-3-4-15(26-14)17(24)20-6-8-25-9-7-20/h3-4,11-13H,1-2,5-10H2/t13-/m1/s1. The Balaban J connectivity index is 1.45. The van der Waals surface area contributed by atoms with Crippen LogP contribution in [0.25, 0.3) is 0 Å². The predicted octanol–water partition coefficient (Wildman–Crippen LogP) is 1.18. The van der Waals surface area contributed by atoms with Gasteiger partial charge in [-0.1, -0.05) is 0 Å². The molecule has 4 rings (SSSR count). The smallest absolute Gasteiger partial charge is 0.264 e. The SMILES string of the molecule is O=C(c1ccc([C@H]2CCCN2C(=O)Cn2cncn2)s1)N1CCOCC1. The molecule has 2 saturated heterocycles. The van der Waals surface area contributed by atoms with E-state index in [-0.39, 0.29) is 24.4 Å². The van der Waals surface area contributed by atoms with E-state index in [1.54, 1.807) is 11.0 Å². The van der Waals surface area contributed by atoms with Gasteiger partial charge in [-0.05, 0) is 25.0 Å². The fourth-order valence-corrected chi connectivity index (χ4v) is 4.60. The fourth-order valence-electron chi connectivity index (χ4n) is 3.47. The van der Waals surface area contributed by atoms with Crippen LogP contribution in [0.1, 0.15) is 33.4 Å². The summed E-state index contributed by atoms with van der Waals surface area (Å²) in [5, 5.41) is 4.00. The van der Waals surface area contributed by atoms with Crippen molar-refractivity contribution in [2.24, 2.45) is 0 Å². The number of hydrogen-bond donors (Lipinski definition) is 0. The minimum Gasteiger partial charge on any atom is -0.378 e. The molecule has 0 spiro atoms. The van der Waals surface area contributed by atoms with Crippen LogP contribution in [-0.2, 0) is 16.1 Å². The van der Waals surface area contributed by atoms with Gasteiger partial charge in [0.15, 0.2) is 0 Å². The number of aromatic nitrogens is 3. The van der Waals surface area contributed by atoms with E-state index in [1.807, 2.05) is 21.9 Å². The normalized spacial score (nSPS) is 20.5. The van der Waals surface area contributed by atoms with Crippen LogP contribution in [0.15, 0.2) is 24.8 Å². The quantitative estimate of drug-likeness (QED) is 0.802. The van der Waals surface area contributed by atoms with Gasteiger partial charge in [0, 0.05) is 24.5 Å². The van der Waals surface area contributed by atoms with Gasteiger partial charge in [-0.25, -0.2) is 9.67 Å². The third-order valence-electron chi connectivity index (χ3n) is 4.80. The van der Waals surface area contributed by atoms with Crippen LogP contribution < -0.4 is 0 Å². The van der Waals surface area contributed by atoms with E-state index in [9.17, 15) is 9.59 Å². The second kappa shape index (κ2) is 7.55. The van der Waals surface area contributed by atoms with Crippen molar-refractivity contribution in [2.45, 2.75) is 25.4 Å². The number of thiophene rings is 1. The molecule has 0 aromatic carbocycles. The van der Waals surface area contributed by atoms with Gasteiger partial charge in [0.2, 0.25) is 5.91 Å². The topological polar surface area (TPSA) is 80.6 Å².